The zero-order chi connectivity index (χ0) is 14.8. The van der Waals surface area contributed by atoms with Crippen molar-refractivity contribution in [3.05, 3.63) is 34.9 Å². The summed E-state index contributed by atoms with van der Waals surface area (Å²) >= 11 is 6.07. The Morgan fingerprint density at radius 2 is 1.90 bits per heavy atom. The number of carbonyl (C=O) groups is 2. The molecule has 0 spiro atoms. The SMILES string of the molecule is O=C1N=C(N2CCNCC2)NC(=O)C1c1ccccc1Cl. The van der Waals surface area contributed by atoms with Crippen LogP contribution in [-0.2, 0) is 9.59 Å². The fourth-order valence-corrected chi connectivity index (χ4v) is 2.75. The quantitative estimate of drug-likeness (QED) is 0.734. The first-order chi connectivity index (χ1) is 10.2. The molecular formula is C14H15ClN4O2. The van der Waals surface area contributed by atoms with Gasteiger partial charge in [-0.25, -0.2) is 0 Å². The maximum Gasteiger partial charge on any atom is 0.266 e. The van der Waals surface area contributed by atoms with E-state index in [1.54, 1.807) is 24.3 Å². The largest absolute Gasteiger partial charge is 0.340 e. The van der Waals surface area contributed by atoms with E-state index in [1.807, 2.05) is 4.90 Å². The second-order valence-corrected chi connectivity index (χ2v) is 5.36. The number of guanidine groups is 1. The molecule has 0 radical (unpaired) electrons. The number of rotatable bonds is 1. The van der Waals surface area contributed by atoms with E-state index < -0.39 is 11.8 Å². The van der Waals surface area contributed by atoms with Gasteiger partial charge in [0.15, 0.2) is 0 Å². The van der Waals surface area contributed by atoms with Crippen LogP contribution in [0.4, 0.5) is 0 Å². The minimum absolute atomic E-state index is 0.342. The van der Waals surface area contributed by atoms with Crippen molar-refractivity contribution >= 4 is 29.4 Å². The molecule has 21 heavy (non-hydrogen) atoms. The van der Waals surface area contributed by atoms with E-state index in [0.717, 1.165) is 13.1 Å². The Labute approximate surface area is 127 Å². The molecule has 0 bridgehead atoms. The summed E-state index contributed by atoms with van der Waals surface area (Å²) in [5.74, 6) is -1.47. The highest BCUT2D eigenvalue weighted by atomic mass is 35.5. The molecule has 1 saturated heterocycles. The molecule has 0 saturated carbocycles. The number of carbonyl (C=O) groups excluding carboxylic acids is 2. The first kappa shape index (κ1) is 14.0. The monoisotopic (exact) mass is 306 g/mol. The number of hydrogen-bond acceptors (Lipinski definition) is 4. The van der Waals surface area contributed by atoms with E-state index in [2.05, 4.69) is 15.6 Å². The number of benzene rings is 1. The number of nitrogens with one attached hydrogen (secondary N) is 2. The summed E-state index contributed by atoms with van der Waals surface area (Å²) in [7, 11) is 0. The van der Waals surface area contributed by atoms with E-state index in [1.165, 1.54) is 0 Å². The molecule has 2 N–H and O–H groups in total. The lowest BCUT2D eigenvalue weighted by molar-refractivity contribution is -0.130. The van der Waals surface area contributed by atoms with E-state index in [0.29, 0.717) is 29.6 Å². The number of halogens is 1. The summed E-state index contributed by atoms with van der Waals surface area (Å²) in [6.45, 7) is 3.03. The Bertz CT molecular complexity index is 611. The van der Waals surface area contributed by atoms with Crippen molar-refractivity contribution in [3.63, 3.8) is 0 Å². The summed E-state index contributed by atoms with van der Waals surface area (Å²) in [6, 6.07) is 6.84. The van der Waals surface area contributed by atoms with Crippen LogP contribution in [0.3, 0.4) is 0 Å². The van der Waals surface area contributed by atoms with Crippen LogP contribution >= 0.6 is 11.6 Å². The highest BCUT2D eigenvalue weighted by Crippen LogP contribution is 2.27. The van der Waals surface area contributed by atoms with Gasteiger partial charge in [0.05, 0.1) is 0 Å². The number of hydrogen-bond donors (Lipinski definition) is 2. The topological polar surface area (TPSA) is 73.8 Å². The van der Waals surface area contributed by atoms with Crippen LogP contribution in [0.2, 0.25) is 5.02 Å². The zero-order valence-corrected chi connectivity index (χ0v) is 12.1. The summed E-state index contributed by atoms with van der Waals surface area (Å²) in [5, 5.41) is 6.32. The fourth-order valence-electron chi connectivity index (χ4n) is 2.50. The maximum absolute atomic E-state index is 12.3. The van der Waals surface area contributed by atoms with Crippen molar-refractivity contribution in [2.45, 2.75) is 5.92 Å². The van der Waals surface area contributed by atoms with E-state index in [-0.39, 0.29) is 5.91 Å². The molecule has 2 heterocycles. The lowest BCUT2D eigenvalue weighted by Gasteiger charge is -2.32. The highest BCUT2D eigenvalue weighted by molar-refractivity contribution is 6.32. The summed E-state index contributed by atoms with van der Waals surface area (Å²) in [6.07, 6.45) is 0. The van der Waals surface area contributed by atoms with Crippen molar-refractivity contribution in [1.82, 2.24) is 15.5 Å². The first-order valence-corrected chi connectivity index (χ1v) is 7.18. The molecule has 1 atom stereocenters. The Morgan fingerprint density at radius 3 is 2.57 bits per heavy atom. The minimum Gasteiger partial charge on any atom is -0.340 e. The molecule has 1 unspecified atom stereocenters. The smallest absolute Gasteiger partial charge is 0.266 e. The van der Waals surface area contributed by atoms with Crippen LogP contribution in [0.5, 0.6) is 0 Å². The molecule has 3 rings (SSSR count). The standard InChI is InChI=1S/C14H15ClN4O2/c15-10-4-2-1-3-9(10)11-12(20)17-14(18-13(11)21)19-7-5-16-6-8-19/h1-4,11,16H,5-8H2,(H,17,18,20,21). The van der Waals surface area contributed by atoms with Crippen LogP contribution in [-0.4, -0.2) is 48.9 Å². The maximum atomic E-state index is 12.3. The van der Waals surface area contributed by atoms with Crippen LogP contribution in [0.25, 0.3) is 0 Å². The van der Waals surface area contributed by atoms with Crippen molar-refractivity contribution in [2.75, 3.05) is 26.2 Å². The van der Waals surface area contributed by atoms with Gasteiger partial charge in [0.25, 0.3) is 5.91 Å². The Morgan fingerprint density at radius 1 is 1.19 bits per heavy atom. The van der Waals surface area contributed by atoms with Gasteiger partial charge in [0.2, 0.25) is 11.9 Å². The third kappa shape index (κ3) is 2.77. The number of aliphatic imine (C=N–C) groups is 1. The van der Waals surface area contributed by atoms with Gasteiger partial charge in [-0.3, -0.25) is 14.9 Å². The molecule has 7 heteroatoms. The van der Waals surface area contributed by atoms with Gasteiger partial charge in [0, 0.05) is 31.2 Å². The minimum atomic E-state index is -0.967. The van der Waals surface area contributed by atoms with Crippen LogP contribution in [0, 0.1) is 0 Å². The second kappa shape index (κ2) is 5.83. The zero-order valence-electron chi connectivity index (χ0n) is 11.3. The molecule has 2 aliphatic heterocycles. The van der Waals surface area contributed by atoms with Crippen molar-refractivity contribution in [3.8, 4) is 0 Å². The Balaban J connectivity index is 1.87. The van der Waals surface area contributed by atoms with Gasteiger partial charge in [-0.1, -0.05) is 29.8 Å². The van der Waals surface area contributed by atoms with Gasteiger partial charge in [-0.15, -0.1) is 0 Å². The molecule has 2 aliphatic rings. The van der Waals surface area contributed by atoms with Crippen molar-refractivity contribution in [2.24, 2.45) is 4.99 Å². The highest BCUT2D eigenvalue weighted by Gasteiger charge is 2.36. The van der Waals surface area contributed by atoms with E-state index in [9.17, 15) is 9.59 Å². The first-order valence-electron chi connectivity index (χ1n) is 6.80. The predicted molar refractivity (Wildman–Crippen MR) is 79.2 cm³/mol. The van der Waals surface area contributed by atoms with Crippen LogP contribution < -0.4 is 10.6 Å². The lowest BCUT2D eigenvalue weighted by atomic mass is 9.96. The normalized spacial score (nSPS) is 22.8. The van der Waals surface area contributed by atoms with Gasteiger partial charge >= 0.3 is 0 Å². The third-order valence-corrected chi connectivity index (χ3v) is 3.94. The molecular weight excluding hydrogens is 292 g/mol. The van der Waals surface area contributed by atoms with E-state index in [4.69, 9.17) is 11.6 Å². The molecule has 1 aromatic carbocycles. The Kier molecular flexibility index (Phi) is 3.90. The molecule has 1 aromatic rings. The average Bonchev–Trinajstić information content (AvgIpc) is 2.49. The second-order valence-electron chi connectivity index (χ2n) is 4.95. The molecule has 6 nitrogen and oxygen atoms in total. The van der Waals surface area contributed by atoms with Gasteiger partial charge in [-0.2, -0.15) is 4.99 Å². The fraction of sp³-hybridized carbons (Fsp3) is 0.357. The number of amides is 2. The summed E-state index contributed by atoms with van der Waals surface area (Å²) in [5.41, 5.74) is 0.491. The average molecular weight is 307 g/mol. The van der Waals surface area contributed by atoms with Crippen LogP contribution in [0.1, 0.15) is 11.5 Å². The predicted octanol–water partition coefficient (Wildman–Crippen LogP) is 0.341. The molecule has 0 aliphatic carbocycles. The lowest BCUT2D eigenvalue weighted by Crippen LogP contribution is -2.55. The molecule has 2 amide bonds. The molecule has 1 fully saturated rings. The number of piperazine rings is 1. The van der Waals surface area contributed by atoms with Crippen LogP contribution in [0.15, 0.2) is 29.3 Å². The summed E-state index contributed by atoms with van der Waals surface area (Å²) in [4.78, 5) is 30.5. The van der Waals surface area contributed by atoms with Crippen molar-refractivity contribution < 1.29 is 9.59 Å². The number of nitrogens with zero attached hydrogens (tertiary/aromatic N) is 2. The van der Waals surface area contributed by atoms with Gasteiger partial charge in [-0.05, 0) is 11.6 Å². The Hall–Kier alpha value is -1.92. The van der Waals surface area contributed by atoms with Gasteiger partial charge < -0.3 is 10.2 Å². The molecule has 110 valence electrons. The third-order valence-electron chi connectivity index (χ3n) is 3.59. The van der Waals surface area contributed by atoms with E-state index >= 15 is 0 Å². The molecule has 0 aromatic heterocycles. The summed E-state index contributed by atoms with van der Waals surface area (Å²) < 4.78 is 0. The van der Waals surface area contributed by atoms with Gasteiger partial charge in [0.1, 0.15) is 5.92 Å². The van der Waals surface area contributed by atoms with Crippen molar-refractivity contribution in [1.29, 1.82) is 0 Å².